The Morgan fingerprint density at radius 2 is 1.94 bits per heavy atom. The van der Waals surface area contributed by atoms with E-state index in [2.05, 4.69) is 16.7 Å². The van der Waals surface area contributed by atoms with Crippen molar-refractivity contribution in [1.29, 1.82) is 0 Å². The van der Waals surface area contributed by atoms with Gasteiger partial charge in [0.1, 0.15) is 0 Å². The van der Waals surface area contributed by atoms with Gasteiger partial charge in [0.25, 0.3) is 0 Å². The second kappa shape index (κ2) is 4.02. The minimum absolute atomic E-state index is 0.241. The van der Waals surface area contributed by atoms with Crippen LogP contribution in [0.3, 0.4) is 0 Å². The van der Waals surface area contributed by atoms with Crippen LogP contribution in [0.5, 0.6) is 0 Å². The van der Waals surface area contributed by atoms with E-state index in [0.29, 0.717) is 18.0 Å². The molecule has 2 unspecified atom stereocenters. The minimum atomic E-state index is -0.241. The van der Waals surface area contributed by atoms with Crippen LogP contribution in [0, 0.1) is 5.41 Å². The molecule has 2 atom stereocenters. The fourth-order valence-corrected chi connectivity index (χ4v) is 2.90. The van der Waals surface area contributed by atoms with E-state index in [1.165, 1.54) is 19.4 Å². The number of hydrogen-bond donors (Lipinski definition) is 0. The van der Waals surface area contributed by atoms with Gasteiger partial charge in [0.05, 0.1) is 0 Å². The Morgan fingerprint density at radius 1 is 1.25 bits per heavy atom. The second-order valence-corrected chi connectivity index (χ2v) is 6.35. The smallest absolute Gasteiger partial charge is 0.228 e. The van der Waals surface area contributed by atoms with E-state index < -0.39 is 0 Å². The lowest BCUT2D eigenvalue weighted by molar-refractivity contribution is -0.145. The van der Waals surface area contributed by atoms with Crippen LogP contribution in [0.1, 0.15) is 40.5 Å². The highest BCUT2D eigenvalue weighted by Crippen LogP contribution is 2.28. The van der Waals surface area contributed by atoms with Crippen molar-refractivity contribution in [3.63, 3.8) is 0 Å². The average Bonchev–Trinajstić information content (AvgIpc) is 2.60. The predicted molar refractivity (Wildman–Crippen MR) is 65.2 cm³/mol. The van der Waals surface area contributed by atoms with Gasteiger partial charge in [0.15, 0.2) is 0 Å². The minimum Gasteiger partial charge on any atom is -0.337 e. The van der Waals surface area contributed by atoms with Crippen LogP contribution in [0.4, 0.5) is 0 Å². The molecule has 2 saturated heterocycles. The molecule has 0 spiro atoms. The van der Waals surface area contributed by atoms with E-state index >= 15 is 0 Å². The predicted octanol–water partition coefficient (Wildman–Crippen LogP) is 1.73. The maximum absolute atomic E-state index is 12.3. The number of piperazine rings is 1. The number of nitrogens with zero attached hydrogens (tertiary/aromatic N) is 2. The molecule has 2 heterocycles. The zero-order chi connectivity index (χ0) is 11.9. The molecule has 3 nitrogen and oxygen atoms in total. The molecule has 0 aliphatic carbocycles. The lowest BCUT2D eigenvalue weighted by Gasteiger charge is -2.44. The first-order chi connectivity index (χ1) is 7.39. The standard InChI is InChI=1S/C13H24N2O/c1-10-8-14-7-5-6-11(14)9-15(10)12(16)13(2,3)4/h10-11H,5-9H2,1-4H3. The molecule has 0 aromatic heterocycles. The van der Waals surface area contributed by atoms with Crippen LogP contribution in [0.15, 0.2) is 0 Å². The van der Waals surface area contributed by atoms with Gasteiger partial charge in [-0.05, 0) is 26.3 Å². The third-order valence-electron chi connectivity index (χ3n) is 3.84. The molecule has 16 heavy (non-hydrogen) atoms. The maximum atomic E-state index is 12.3. The summed E-state index contributed by atoms with van der Waals surface area (Å²) in [4.78, 5) is 17.0. The summed E-state index contributed by atoms with van der Waals surface area (Å²) in [6.45, 7) is 11.5. The molecule has 1 amide bonds. The molecule has 2 aliphatic heterocycles. The van der Waals surface area contributed by atoms with Crippen LogP contribution < -0.4 is 0 Å². The van der Waals surface area contributed by atoms with Crippen molar-refractivity contribution >= 4 is 5.91 Å². The molecule has 0 bridgehead atoms. The highest BCUT2D eigenvalue weighted by Gasteiger charge is 2.39. The Balaban J connectivity index is 2.08. The first kappa shape index (κ1) is 11.9. The Morgan fingerprint density at radius 3 is 2.56 bits per heavy atom. The fourth-order valence-electron chi connectivity index (χ4n) is 2.90. The van der Waals surface area contributed by atoms with Crippen LogP contribution in [-0.2, 0) is 4.79 Å². The summed E-state index contributed by atoms with van der Waals surface area (Å²) in [5, 5.41) is 0. The summed E-state index contributed by atoms with van der Waals surface area (Å²) in [5.41, 5.74) is -0.241. The van der Waals surface area contributed by atoms with Crippen LogP contribution >= 0.6 is 0 Å². The third-order valence-corrected chi connectivity index (χ3v) is 3.84. The van der Waals surface area contributed by atoms with Gasteiger partial charge in [-0.25, -0.2) is 0 Å². The van der Waals surface area contributed by atoms with E-state index in [9.17, 15) is 4.79 Å². The van der Waals surface area contributed by atoms with E-state index in [1.54, 1.807) is 0 Å². The van der Waals surface area contributed by atoms with Crippen molar-refractivity contribution < 1.29 is 4.79 Å². The Labute approximate surface area is 98.8 Å². The molecule has 92 valence electrons. The molecule has 2 fully saturated rings. The highest BCUT2D eigenvalue weighted by atomic mass is 16.2. The van der Waals surface area contributed by atoms with Crippen LogP contribution in [-0.4, -0.2) is 47.4 Å². The Hall–Kier alpha value is -0.570. The number of rotatable bonds is 0. The van der Waals surface area contributed by atoms with Gasteiger partial charge in [0, 0.05) is 30.6 Å². The second-order valence-electron chi connectivity index (χ2n) is 6.35. The van der Waals surface area contributed by atoms with E-state index in [1.807, 2.05) is 20.8 Å². The van der Waals surface area contributed by atoms with Gasteiger partial charge < -0.3 is 4.90 Å². The molecule has 0 saturated carbocycles. The number of hydrogen-bond acceptors (Lipinski definition) is 2. The van der Waals surface area contributed by atoms with Crippen molar-refractivity contribution in [3.8, 4) is 0 Å². The first-order valence-electron chi connectivity index (χ1n) is 6.44. The summed E-state index contributed by atoms with van der Waals surface area (Å²) in [6.07, 6.45) is 2.57. The van der Waals surface area contributed by atoms with Crippen LogP contribution in [0.2, 0.25) is 0 Å². The Kier molecular flexibility index (Phi) is 2.99. The van der Waals surface area contributed by atoms with Gasteiger partial charge in [-0.2, -0.15) is 0 Å². The quantitative estimate of drug-likeness (QED) is 0.625. The van der Waals surface area contributed by atoms with E-state index in [4.69, 9.17) is 0 Å². The number of carbonyl (C=O) groups excluding carboxylic acids is 1. The monoisotopic (exact) mass is 224 g/mol. The summed E-state index contributed by atoms with van der Waals surface area (Å²) in [6, 6.07) is 1.00. The topological polar surface area (TPSA) is 23.6 Å². The van der Waals surface area contributed by atoms with Crippen molar-refractivity contribution in [2.24, 2.45) is 5.41 Å². The summed E-state index contributed by atoms with van der Waals surface area (Å²) >= 11 is 0. The first-order valence-corrected chi connectivity index (χ1v) is 6.44. The maximum Gasteiger partial charge on any atom is 0.228 e. The van der Waals surface area contributed by atoms with Crippen molar-refractivity contribution in [2.75, 3.05) is 19.6 Å². The van der Waals surface area contributed by atoms with Crippen molar-refractivity contribution in [1.82, 2.24) is 9.80 Å². The van der Waals surface area contributed by atoms with Crippen molar-refractivity contribution in [2.45, 2.75) is 52.6 Å². The highest BCUT2D eigenvalue weighted by molar-refractivity contribution is 5.82. The molecule has 2 rings (SSSR count). The zero-order valence-electron chi connectivity index (χ0n) is 11.0. The molecular formula is C13H24N2O. The molecule has 0 radical (unpaired) electrons. The molecule has 2 aliphatic rings. The average molecular weight is 224 g/mol. The molecule has 0 N–H and O–H groups in total. The normalized spacial score (nSPS) is 31.6. The molecule has 0 aromatic rings. The third kappa shape index (κ3) is 2.10. The lowest BCUT2D eigenvalue weighted by atomic mass is 9.92. The lowest BCUT2D eigenvalue weighted by Crippen LogP contribution is -2.58. The Bertz CT molecular complexity index is 282. The zero-order valence-corrected chi connectivity index (χ0v) is 11.0. The SMILES string of the molecule is CC1CN2CCCC2CN1C(=O)C(C)(C)C. The number of amides is 1. The van der Waals surface area contributed by atoms with Crippen molar-refractivity contribution in [3.05, 3.63) is 0 Å². The largest absolute Gasteiger partial charge is 0.337 e. The summed E-state index contributed by atoms with van der Waals surface area (Å²) in [5.74, 6) is 0.312. The molecule has 0 aromatic carbocycles. The van der Waals surface area contributed by atoms with E-state index in [0.717, 1.165) is 13.1 Å². The van der Waals surface area contributed by atoms with Crippen LogP contribution in [0.25, 0.3) is 0 Å². The van der Waals surface area contributed by atoms with E-state index in [-0.39, 0.29) is 5.41 Å². The molecule has 3 heteroatoms. The molecular weight excluding hydrogens is 200 g/mol. The van der Waals surface area contributed by atoms with Gasteiger partial charge in [-0.15, -0.1) is 0 Å². The van der Waals surface area contributed by atoms with Gasteiger partial charge >= 0.3 is 0 Å². The van der Waals surface area contributed by atoms with Gasteiger partial charge in [0.2, 0.25) is 5.91 Å². The van der Waals surface area contributed by atoms with Gasteiger partial charge in [-0.1, -0.05) is 20.8 Å². The summed E-state index contributed by atoms with van der Waals surface area (Å²) in [7, 11) is 0. The summed E-state index contributed by atoms with van der Waals surface area (Å²) < 4.78 is 0. The van der Waals surface area contributed by atoms with Gasteiger partial charge in [-0.3, -0.25) is 9.69 Å². The number of fused-ring (bicyclic) bond motifs is 1. The fraction of sp³-hybridized carbons (Fsp3) is 0.923. The number of carbonyl (C=O) groups is 1.